The maximum atomic E-state index is 10.7. The zero-order valence-electron chi connectivity index (χ0n) is 7.67. The molecule has 2 N–H and O–H groups in total. The van der Waals surface area contributed by atoms with Crippen LogP contribution in [0.2, 0.25) is 0 Å². The van der Waals surface area contributed by atoms with E-state index in [1.807, 2.05) is 0 Å². The van der Waals surface area contributed by atoms with Gasteiger partial charge in [-0.25, -0.2) is 9.78 Å². The molecule has 0 aliphatic carbocycles. The Balaban J connectivity index is 2.40. The zero-order valence-corrected chi connectivity index (χ0v) is 9.31. The summed E-state index contributed by atoms with van der Waals surface area (Å²) in [4.78, 5) is 24.6. The lowest BCUT2D eigenvalue weighted by molar-refractivity contribution is -0.137. The first-order valence-electron chi connectivity index (χ1n) is 4.12. The molecule has 7 heteroatoms. The van der Waals surface area contributed by atoms with E-state index in [-0.39, 0.29) is 12.1 Å². The number of carboxylic acid groups (broad SMARTS) is 2. The third kappa shape index (κ3) is 3.88. The number of aliphatic carboxylic acids is 1. The lowest BCUT2D eigenvalue weighted by Gasteiger charge is -1.97. The number of rotatable bonds is 6. The summed E-state index contributed by atoms with van der Waals surface area (Å²) in [6, 6.07) is 0. The number of nitrogens with zero attached hydrogens (tertiary/aromatic N) is 1. The highest BCUT2D eigenvalue weighted by Gasteiger charge is 2.13. The predicted molar refractivity (Wildman–Crippen MR) is 56.7 cm³/mol. The largest absolute Gasteiger partial charge is 0.481 e. The Kier molecular flexibility index (Phi) is 4.57. The highest BCUT2D eigenvalue weighted by Crippen LogP contribution is 2.27. The minimum Gasteiger partial charge on any atom is -0.481 e. The van der Waals surface area contributed by atoms with E-state index in [9.17, 15) is 9.59 Å². The smallest absolute Gasteiger partial charge is 0.356 e. The number of carboxylic acids is 2. The Morgan fingerprint density at radius 3 is 2.80 bits per heavy atom. The first-order valence-corrected chi connectivity index (χ1v) is 5.99. The average Bonchev–Trinajstić information content (AvgIpc) is 2.60. The zero-order chi connectivity index (χ0) is 11.3. The van der Waals surface area contributed by atoms with Crippen LogP contribution in [-0.4, -0.2) is 32.9 Å². The first kappa shape index (κ1) is 12.0. The van der Waals surface area contributed by atoms with Gasteiger partial charge in [0.1, 0.15) is 0 Å². The second kappa shape index (κ2) is 5.72. The fraction of sp³-hybridized carbons (Fsp3) is 0.375. The minimum absolute atomic E-state index is 0.0559. The van der Waals surface area contributed by atoms with Gasteiger partial charge in [0, 0.05) is 6.42 Å². The molecule has 0 saturated carbocycles. The number of thiazole rings is 1. The highest BCUT2D eigenvalue weighted by molar-refractivity contribution is 8.01. The van der Waals surface area contributed by atoms with E-state index in [1.54, 1.807) is 0 Å². The average molecular weight is 247 g/mol. The molecule has 0 fully saturated rings. The Labute approximate surface area is 94.2 Å². The van der Waals surface area contributed by atoms with Crippen LogP contribution in [0.15, 0.2) is 9.72 Å². The van der Waals surface area contributed by atoms with Gasteiger partial charge in [-0.2, -0.15) is 0 Å². The molecule has 0 bridgehead atoms. The third-order valence-corrected chi connectivity index (χ3v) is 3.71. The van der Waals surface area contributed by atoms with Crippen LogP contribution in [0, 0.1) is 0 Å². The van der Waals surface area contributed by atoms with Gasteiger partial charge in [0.15, 0.2) is 5.69 Å². The summed E-state index contributed by atoms with van der Waals surface area (Å²) in [6.45, 7) is 0. The van der Waals surface area contributed by atoms with Crippen molar-refractivity contribution < 1.29 is 19.8 Å². The Morgan fingerprint density at radius 1 is 1.47 bits per heavy atom. The van der Waals surface area contributed by atoms with Crippen molar-refractivity contribution in [2.45, 2.75) is 17.1 Å². The quantitative estimate of drug-likeness (QED) is 0.588. The molecule has 0 atom stereocenters. The minimum atomic E-state index is -1.04. The lowest BCUT2D eigenvalue weighted by atomic mass is 10.3. The van der Waals surface area contributed by atoms with Crippen LogP contribution in [0.4, 0.5) is 0 Å². The van der Waals surface area contributed by atoms with Crippen LogP contribution in [0.1, 0.15) is 23.3 Å². The molecular weight excluding hydrogens is 238 g/mol. The van der Waals surface area contributed by atoms with Crippen molar-refractivity contribution in [2.24, 2.45) is 0 Å². The van der Waals surface area contributed by atoms with Crippen molar-refractivity contribution in [3.63, 3.8) is 0 Å². The number of carbonyl (C=O) groups is 2. The van der Waals surface area contributed by atoms with Crippen molar-refractivity contribution in [1.82, 2.24) is 4.98 Å². The molecule has 0 spiro atoms. The maximum absolute atomic E-state index is 10.7. The summed E-state index contributed by atoms with van der Waals surface area (Å²) in [7, 11) is 0. The van der Waals surface area contributed by atoms with Crippen LogP contribution >= 0.6 is 23.1 Å². The molecule has 1 heterocycles. The van der Waals surface area contributed by atoms with Gasteiger partial charge in [-0.15, -0.1) is 23.1 Å². The number of aromatic carboxylic acids is 1. The number of thioether (sulfide) groups is 1. The molecule has 1 aromatic heterocycles. The van der Waals surface area contributed by atoms with Crippen molar-refractivity contribution in [3.05, 3.63) is 11.2 Å². The van der Waals surface area contributed by atoms with Gasteiger partial charge in [-0.1, -0.05) is 0 Å². The van der Waals surface area contributed by atoms with E-state index in [0.717, 1.165) is 0 Å². The summed E-state index contributed by atoms with van der Waals surface area (Å²) in [5.74, 6) is -1.29. The van der Waals surface area contributed by atoms with E-state index in [2.05, 4.69) is 4.98 Å². The Hall–Kier alpha value is -1.08. The summed E-state index contributed by atoms with van der Waals surface area (Å²) in [5.41, 5.74) is 1.53. The molecular formula is C8H9NO4S2. The van der Waals surface area contributed by atoms with E-state index >= 15 is 0 Å². The number of aromatic nitrogens is 1. The van der Waals surface area contributed by atoms with Crippen molar-refractivity contribution in [3.8, 4) is 0 Å². The van der Waals surface area contributed by atoms with Gasteiger partial charge in [0.25, 0.3) is 0 Å². The fourth-order valence-corrected chi connectivity index (χ4v) is 2.78. The summed E-state index contributed by atoms with van der Waals surface area (Å²) < 4.78 is 0.632. The van der Waals surface area contributed by atoms with Gasteiger partial charge in [0.05, 0.1) is 9.72 Å². The van der Waals surface area contributed by atoms with Gasteiger partial charge < -0.3 is 10.2 Å². The normalized spacial score (nSPS) is 10.1. The molecule has 5 nitrogen and oxygen atoms in total. The van der Waals surface area contributed by atoms with Crippen molar-refractivity contribution in [1.29, 1.82) is 0 Å². The summed E-state index contributed by atoms with van der Waals surface area (Å²) in [5, 5.41) is 17.1. The molecule has 0 saturated heterocycles. The molecule has 1 rings (SSSR count). The fourth-order valence-electron chi connectivity index (χ4n) is 0.869. The molecule has 0 aliphatic heterocycles. The second-order valence-electron chi connectivity index (χ2n) is 2.64. The van der Waals surface area contributed by atoms with E-state index in [4.69, 9.17) is 10.2 Å². The van der Waals surface area contributed by atoms with Gasteiger partial charge in [-0.05, 0) is 12.2 Å². The van der Waals surface area contributed by atoms with E-state index < -0.39 is 11.9 Å². The van der Waals surface area contributed by atoms with Crippen LogP contribution in [-0.2, 0) is 4.79 Å². The standard InChI is InChI=1S/C8H9NO4S2/c10-5(11)2-1-3-14-8-6(7(12)13)9-4-15-8/h4H,1-3H2,(H,10,11)(H,12,13). The maximum Gasteiger partial charge on any atom is 0.356 e. The molecule has 0 unspecified atom stereocenters. The van der Waals surface area contributed by atoms with Crippen LogP contribution in [0.25, 0.3) is 0 Å². The van der Waals surface area contributed by atoms with Gasteiger partial charge in [0.2, 0.25) is 0 Å². The topological polar surface area (TPSA) is 87.5 Å². The molecule has 0 aliphatic rings. The van der Waals surface area contributed by atoms with Gasteiger partial charge in [-0.3, -0.25) is 4.79 Å². The van der Waals surface area contributed by atoms with Crippen LogP contribution < -0.4 is 0 Å². The molecule has 15 heavy (non-hydrogen) atoms. The molecule has 0 aromatic carbocycles. The van der Waals surface area contributed by atoms with E-state index in [1.165, 1.54) is 28.6 Å². The molecule has 1 aromatic rings. The third-order valence-electron chi connectivity index (χ3n) is 1.51. The molecule has 0 radical (unpaired) electrons. The monoisotopic (exact) mass is 247 g/mol. The predicted octanol–water partition coefficient (Wildman–Crippen LogP) is 1.80. The van der Waals surface area contributed by atoms with Crippen molar-refractivity contribution in [2.75, 3.05) is 5.75 Å². The number of hydrogen-bond donors (Lipinski definition) is 2. The highest BCUT2D eigenvalue weighted by atomic mass is 32.2. The first-order chi connectivity index (χ1) is 7.11. The summed E-state index contributed by atoms with van der Waals surface area (Å²) in [6.07, 6.45) is 0.630. The van der Waals surface area contributed by atoms with Crippen LogP contribution in [0.5, 0.6) is 0 Å². The molecule has 0 amide bonds. The number of hydrogen-bond acceptors (Lipinski definition) is 5. The molecule has 82 valence electrons. The summed E-state index contributed by atoms with van der Waals surface area (Å²) >= 11 is 2.60. The second-order valence-corrected chi connectivity index (χ2v) is 4.86. The van der Waals surface area contributed by atoms with Crippen molar-refractivity contribution >= 4 is 35.0 Å². The van der Waals surface area contributed by atoms with E-state index in [0.29, 0.717) is 16.4 Å². The Morgan fingerprint density at radius 2 is 2.20 bits per heavy atom. The SMILES string of the molecule is O=C(O)CCCSc1scnc1C(=O)O. The van der Waals surface area contributed by atoms with Crippen LogP contribution in [0.3, 0.4) is 0 Å². The Bertz CT molecular complexity index is 363. The van der Waals surface area contributed by atoms with Gasteiger partial charge >= 0.3 is 11.9 Å². The lowest BCUT2D eigenvalue weighted by Crippen LogP contribution is -1.98.